The molecule has 162 valence electrons. The van der Waals surface area contributed by atoms with E-state index in [0.29, 0.717) is 12.8 Å². The lowest BCUT2D eigenvalue weighted by molar-refractivity contribution is -0.121. The lowest BCUT2D eigenvalue weighted by Gasteiger charge is -2.14. The Kier molecular flexibility index (Phi) is 7.13. The molecule has 0 unspecified atom stereocenters. The molecule has 0 aliphatic carbocycles. The monoisotopic (exact) mass is 423 g/mol. The van der Waals surface area contributed by atoms with Gasteiger partial charge < -0.3 is 5.32 Å². The molecule has 1 atom stereocenters. The smallest absolute Gasteiger partial charge is 0.220 e. The van der Waals surface area contributed by atoms with Crippen molar-refractivity contribution in [3.05, 3.63) is 108 Å². The highest BCUT2D eigenvalue weighted by Gasteiger charge is 2.14. The van der Waals surface area contributed by atoms with Crippen LogP contribution in [0.15, 0.2) is 97.2 Å². The Balaban J connectivity index is 1.40. The van der Waals surface area contributed by atoms with E-state index in [0.717, 1.165) is 35.3 Å². The third kappa shape index (κ3) is 5.73. The van der Waals surface area contributed by atoms with Crippen molar-refractivity contribution in [2.24, 2.45) is 0 Å². The van der Waals surface area contributed by atoms with Crippen LogP contribution in [0.1, 0.15) is 30.9 Å². The molecule has 1 aromatic heterocycles. The quantitative estimate of drug-likeness (QED) is 0.380. The van der Waals surface area contributed by atoms with E-state index in [1.807, 2.05) is 65.5 Å². The lowest BCUT2D eigenvalue weighted by Crippen LogP contribution is -2.33. The minimum Gasteiger partial charge on any atom is -0.354 e. The molecular formula is C28H29N3O. The molecule has 4 nitrogen and oxygen atoms in total. The Morgan fingerprint density at radius 2 is 1.50 bits per heavy atom. The van der Waals surface area contributed by atoms with Crippen molar-refractivity contribution in [2.45, 2.75) is 38.6 Å². The fourth-order valence-electron chi connectivity index (χ4n) is 3.84. The number of hydrogen-bond acceptors (Lipinski definition) is 2. The highest BCUT2D eigenvalue weighted by Crippen LogP contribution is 2.24. The van der Waals surface area contributed by atoms with Crippen molar-refractivity contribution in [3.63, 3.8) is 0 Å². The van der Waals surface area contributed by atoms with Crippen LogP contribution >= 0.6 is 0 Å². The average molecular weight is 424 g/mol. The molecule has 1 heterocycles. The van der Waals surface area contributed by atoms with Gasteiger partial charge in [-0.25, -0.2) is 4.68 Å². The predicted molar refractivity (Wildman–Crippen MR) is 130 cm³/mol. The Bertz CT molecular complexity index is 1120. The maximum atomic E-state index is 12.6. The van der Waals surface area contributed by atoms with Gasteiger partial charge in [0.2, 0.25) is 5.91 Å². The van der Waals surface area contributed by atoms with E-state index >= 15 is 0 Å². The normalized spacial score (nSPS) is 11.8. The number of carbonyl (C=O) groups excluding carboxylic acids is 1. The number of rotatable bonds is 9. The topological polar surface area (TPSA) is 46.9 Å². The Hall–Kier alpha value is -3.66. The summed E-state index contributed by atoms with van der Waals surface area (Å²) in [6.07, 6.45) is 5.02. The number of hydrogen-bond donors (Lipinski definition) is 1. The van der Waals surface area contributed by atoms with Crippen LogP contribution in [-0.2, 0) is 17.6 Å². The molecule has 0 aliphatic rings. The number of nitrogens with one attached hydrogen (secondary N) is 1. The van der Waals surface area contributed by atoms with E-state index in [1.165, 1.54) is 5.56 Å². The molecule has 0 saturated carbocycles. The zero-order valence-corrected chi connectivity index (χ0v) is 18.4. The van der Waals surface area contributed by atoms with Crippen LogP contribution in [0.3, 0.4) is 0 Å². The first-order valence-corrected chi connectivity index (χ1v) is 11.2. The summed E-state index contributed by atoms with van der Waals surface area (Å²) in [6, 6.07) is 30.8. The lowest BCUT2D eigenvalue weighted by atomic mass is 10.0. The molecule has 3 aromatic carbocycles. The number of para-hydroxylation sites is 1. The van der Waals surface area contributed by atoms with Gasteiger partial charge in [0, 0.05) is 24.2 Å². The van der Waals surface area contributed by atoms with E-state index in [-0.39, 0.29) is 11.9 Å². The number of nitrogens with zero attached hydrogens (tertiary/aromatic N) is 2. The summed E-state index contributed by atoms with van der Waals surface area (Å²) < 4.78 is 1.90. The van der Waals surface area contributed by atoms with Gasteiger partial charge in [-0.15, -0.1) is 0 Å². The van der Waals surface area contributed by atoms with Crippen molar-refractivity contribution in [1.82, 2.24) is 15.1 Å². The summed E-state index contributed by atoms with van der Waals surface area (Å²) >= 11 is 0. The first kappa shape index (κ1) is 21.6. The third-order valence-corrected chi connectivity index (χ3v) is 5.60. The molecule has 4 rings (SSSR count). The summed E-state index contributed by atoms with van der Waals surface area (Å²) in [5.41, 5.74) is 5.38. The molecule has 4 heteroatoms. The third-order valence-electron chi connectivity index (χ3n) is 5.60. The highest BCUT2D eigenvalue weighted by atomic mass is 16.1. The average Bonchev–Trinajstić information content (AvgIpc) is 3.28. The second kappa shape index (κ2) is 10.6. The summed E-state index contributed by atoms with van der Waals surface area (Å²) in [5.74, 6) is 0.0806. The van der Waals surface area contributed by atoms with Crippen LogP contribution in [-0.4, -0.2) is 21.7 Å². The molecule has 1 N–H and O–H groups in total. The van der Waals surface area contributed by atoms with Crippen LogP contribution in [0.5, 0.6) is 0 Å². The van der Waals surface area contributed by atoms with E-state index < -0.39 is 0 Å². The maximum absolute atomic E-state index is 12.6. The second-order valence-electron chi connectivity index (χ2n) is 8.14. The molecule has 0 spiro atoms. The SMILES string of the molecule is C[C@@H](CCc1ccccc1)NC(=O)CCc1cn(-c2ccccc2)nc1-c1ccccc1. The zero-order chi connectivity index (χ0) is 22.2. The Labute approximate surface area is 189 Å². The molecule has 0 radical (unpaired) electrons. The van der Waals surface area contributed by atoms with Crippen molar-refractivity contribution >= 4 is 5.91 Å². The molecule has 0 fully saturated rings. The maximum Gasteiger partial charge on any atom is 0.220 e. The van der Waals surface area contributed by atoms with Gasteiger partial charge in [-0.2, -0.15) is 5.10 Å². The van der Waals surface area contributed by atoms with Gasteiger partial charge in [-0.3, -0.25) is 4.79 Å². The summed E-state index contributed by atoms with van der Waals surface area (Å²) in [7, 11) is 0. The van der Waals surface area contributed by atoms with Crippen LogP contribution in [0.25, 0.3) is 16.9 Å². The van der Waals surface area contributed by atoms with Crippen LogP contribution in [0.4, 0.5) is 0 Å². The van der Waals surface area contributed by atoms with Crippen LogP contribution in [0.2, 0.25) is 0 Å². The van der Waals surface area contributed by atoms with Crippen molar-refractivity contribution in [1.29, 1.82) is 0 Å². The minimum absolute atomic E-state index is 0.0806. The van der Waals surface area contributed by atoms with Crippen LogP contribution in [0, 0.1) is 0 Å². The van der Waals surface area contributed by atoms with E-state index in [4.69, 9.17) is 5.10 Å². The Morgan fingerprint density at radius 1 is 0.875 bits per heavy atom. The summed E-state index contributed by atoms with van der Waals surface area (Å²) in [6.45, 7) is 2.07. The number of carbonyl (C=O) groups is 1. The summed E-state index contributed by atoms with van der Waals surface area (Å²) in [4.78, 5) is 12.6. The summed E-state index contributed by atoms with van der Waals surface area (Å²) in [5, 5.41) is 7.99. The number of benzene rings is 3. The molecule has 0 saturated heterocycles. The molecule has 1 amide bonds. The molecule has 32 heavy (non-hydrogen) atoms. The van der Waals surface area contributed by atoms with Gasteiger partial charge in [0.15, 0.2) is 0 Å². The second-order valence-corrected chi connectivity index (χ2v) is 8.14. The van der Waals surface area contributed by atoms with Gasteiger partial charge in [-0.1, -0.05) is 78.9 Å². The van der Waals surface area contributed by atoms with Gasteiger partial charge >= 0.3 is 0 Å². The molecule has 4 aromatic rings. The van der Waals surface area contributed by atoms with Gasteiger partial charge in [0.25, 0.3) is 0 Å². The standard InChI is InChI=1S/C28H29N3O/c1-22(17-18-23-11-5-2-6-12-23)29-27(32)20-19-25-21-31(26-15-9-4-10-16-26)30-28(25)24-13-7-3-8-14-24/h2-16,21-22H,17-20H2,1H3,(H,29,32)/t22-/m0/s1. The molecule has 0 bridgehead atoms. The zero-order valence-electron chi connectivity index (χ0n) is 18.4. The molecular weight excluding hydrogens is 394 g/mol. The van der Waals surface area contributed by atoms with Gasteiger partial charge in [0.1, 0.15) is 0 Å². The van der Waals surface area contributed by atoms with Crippen LogP contribution < -0.4 is 5.32 Å². The van der Waals surface area contributed by atoms with E-state index in [2.05, 4.69) is 48.6 Å². The Morgan fingerprint density at radius 3 is 2.19 bits per heavy atom. The predicted octanol–water partition coefficient (Wildman–Crippen LogP) is 5.61. The minimum atomic E-state index is 0.0806. The number of aromatic nitrogens is 2. The highest BCUT2D eigenvalue weighted by molar-refractivity contribution is 5.77. The largest absolute Gasteiger partial charge is 0.354 e. The first-order chi connectivity index (χ1) is 15.7. The van der Waals surface area contributed by atoms with E-state index in [9.17, 15) is 4.79 Å². The number of amides is 1. The fraction of sp³-hybridized carbons (Fsp3) is 0.214. The molecule has 0 aliphatic heterocycles. The van der Waals surface area contributed by atoms with Crippen molar-refractivity contribution in [3.8, 4) is 16.9 Å². The first-order valence-electron chi connectivity index (χ1n) is 11.2. The fourth-order valence-corrected chi connectivity index (χ4v) is 3.84. The van der Waals surface area contributed by atoms with Gasteiger partial charge in [0.05, 0.1) is 11.4 Å². The van der Waals surface area contributed by atoms with Gasteiger partial charge in [-0.05, 0) is 49.4 Å². The van der Waals surface area contributed by atoms with Crippen molar-refractivity contribution in [2.75, 3.05) is 0 Å². The van der Waals surface area contributed by atoms with E-state index in [1.54, 1.807) is 0 Å². The number of aryl methyl sites for hydroxylation is 2. The van der Waals surface area contributed by atoms with Crippen molar-refractivity contribution < 1.29 is 4.79 Å².